The predicted octanol–water partition coefficient (Wildman–Crippen LogP) is 5.40. The third-order valence-electron chi connectivity index (χ3n) is 6.50. The van der Waals surface area contributed by atoms with Crippen molar-refractivity contribution < 1.29 is 9.59 Å². The molecule has 0 spiro atoms. The molecule has 0 radical (unpaired) electrons. The highest BCUT2D eigenvalue weighted by Crippen LogP contribution is 2.47. The van der Waals surface area contributed by atoms with Crippen LogP contribution in [0.1, 0.15) is 65.9 Å². The average Bonchev–Trinajstić information content (AvgIpc) is 2.99. The van der Waals surface area contributed by atoms with Gasteiger partial charge in [0.25, 0.3) is 11.8 Å². The maximum Gasteiger partial charge on any atom is 0.271 e. The smallest absolute Gasteiger partial charge is 0.271 e. The molecule has 0 N–H and O–H groups in total. The highest BCUT2D eigenvalue weighted by molar-refractivity contribution is 6.18. The van der Waals surface area contributed by atoms with Crippen molar-refractivity contribution in [1.82, 2.24) is 4.90 Å². The number of unbranched alkanes of at least 4 members (excludes halogenated alkanes) is 2. The molecule has 5 nitrogen and oxygen atoms in total. The summed E-state index contributed by atoms with van der Waals surface area (Å²) in [6.07, 6.45) is 7.56. The van der Waals surface area contributed by atoms with Crippen LogP contribution >= 0.6 is 0 Å². The number of allylic oxidation sites excluding steroid dienone is 3. The minimum absolute atomic E-state index is 0.0576. The fourth-order valence-electron chi connectivity index (χ4n) is 4.54. The van der Waals surface area contributed by atoms with E-state index in [-0.39, 0.29) is 16.9 Å². The normalized spacial score (nSPS) is 20.4. The Morgan fingerprint density at radius 3 is 2.22 bits per heavy atom. The molecular formula is C27H33N3O2. The summed E-state index contributed by atoms with van der Waals surface area (Å²) in [5.41, 5.74) is 4.31. The molecule has 0 atom stereocenters. The highest BCUT2D eigenvalue weighted by Gasteiger charge is 2.40. The summed E-state index contributed by atoms with van der Waals surface area (Å²) in [4.78, 5) is 29.5. The first-order valence-electron chi connectivity index (χ1n) is 11.6. The van der Waals surface area contributed by atoms with E-state index < -0.39 is 5.91 Å². The van der Waals surface area contributed by atoms with Gasteiger partial charge in [-0.15, -0.1) is 0 Å². The molecule has 0 fully saturated rings. The molecule has 1 aromatic carbocycles. The number of carbonyl (C=O) groups excluding carboxylic acids is 2. The second-order valence-corrected chi connectivity index (χ2v) is 9.01. The summed E-state index contributed by atoms with van der Waals surface area (Å²) in [5, 5.41) is 9.58. The average molecular weight is 432 g/mol. The van der Waals surface area contributed by atoms with E-state index in [1.165, 1.54) is 16.2 Å². The van der Waals surface area contributed by atoms with Gasteiger partial charge in [0.15, 0.2) is 0 Å². The molecule has 0 saturated carbocycles. The number of hydrogen-bond acceptors (Lipinski definition) is 4. The molecule has 0 aliphatic carbocycles. The number of nitriles is 1. The Labute approximate surface area is 191 Å². The molecule has 2 aliphatic rings. The van der Waals surface area contributed by atoms with E-state index in [0.717, 1.165) is 37.9 Å². The number of rotatable bonds is 7. The number of para-hydroxylation sites is 1. The van der Waals surface area contributed by atoms with Gasteiger partial charge in [0.1, 0.15) is 11.6 Å². The molecular weight excluding hydrogens is 398 g/mol. The summed E-state index contributed by atoms with van der Waals surface area (Å²) in [6.45, 7) is 11.5. The molecule has 0 saturated heterocycles. The molecule has 2 aliphatic heterocycles. The number of anilines is 1. The summed E-state index contributed by atoms with van der Waals surface area (Å²) in [7, 11) is 0. The van der Waals surface area contributed by atoms with Gasteiger partial charge in [0.05, 0.1) is 0 Å². The first-order valence-corrected chi connectivity index (χ1v) is 11.6. The molecule has 0 bridgehead atoms. The summed E-state index contributed by atoms with van der Waals surface area (Å²) in [5.74, 6) is -0.795. The van der Waals surface area contributed by atoms with Crippen LogP contribution in [0.4, 0.5) is 5.69 Å². The molecule has 3 rings (SSSR count). The third-order valence-corrected chi connectivity index (χ3v) is 6.50. The Bertz CT molecular complexity index is 1050. The van der Waals surface area contributed by atoms with Crippen molar-refractivity contribution in [2.45, 2.75) is 65.7 Å². The van der Waals surface area contributed by atoms with Crippen LogP contribution < -0.4 is 4.90 Å². The van der Waals surface area contributed by atoms with Gasteiger partial charge >= 0.3 is 0 Å². The van der Waals surface area contributed by atoms with Gasteiger partial charge in [-0.1, -0.05) is 58.7 Å². The molecule has 32 heavy (non-hydrogen) atoms. The number of benzene rings is 1. The van der Waals surface area contributed by atoms with Crippen LogP contribution in [0.25, 0.3) is 0 Å². The zero-order chi connectivity index (χ0) is 23.5. The molecule has 2 heterocycles. The van der Waals surface area contributed by atoms with Crippen molar-refractivity contribution in [3.8, 4) is 6.07 Å². The fourth-order valence-corrected chi connectivity index (χ4v) is 4.54. The van der Waals surface area contributed by atoms with E-state index in [9.17, 15) is 14.9 Å². The number of hydrogen-bond donors (Lipinski definition) is 0. The van der Waals surface area contributed by atoms with E-state index in [1.807, 2.05) is 25.1 Å². The number of carbonyl (C=O) groups is 2. The zero-order valence-corrected chi connectivity index (χ0v) is 19.9. The van der Waals surface area contributed by atoms with Crippen molar-refractivity contribution in [3.63, 3.8) is 0 Å². The van der Waals surface area contributed by atoms with Crippen molar-refractivity contribution in [1.29, 1.82) is 5.26 Å². The lowest BCUT2D eigenvalue weighted by molar-refractivity contribution is -0.140. The quantitative estimate of drug-likeness (QED) is 0.428. The Morgan fingerprint density at radius 1 is 0.969 bits per heavy atom. The number of amides is 2. The lowest BCUT2D eigenvalue weighted by Gasteiger charge is -2.28. The molecule has 168 valence electrons. The van der Waals surface area contributed by atoms with Crippen molar-refractivity contribution in [3.05, 3.63) is 64.4 Å². The van der Waals surface area contributed by atoms with Crippen LogP contribution in [0.5, 0.6) is 0 Å². The van der Waals surface area contributed by atoms with E-state index in [0.29, 0.717) is 17.7 Å². The summed E-state index contributed by atoms with van der Waals surface area (Å²) < 4.78 is 0. The van der Waals surface area contributed by atoms with E-state index in [1.54, 1.807) is 6.92 Å². The van der Waals surface area contributed by atoms with E-state index in [4.69, 9.17) is 0 Å². The molecule has 2 amide bonds. The number of imide groups is 1. The largest absolute Gasteiger partial charge is 0.344 e. The van der Waals surface area contributed by atoms with Crippen LogP contribution in [0.2, 0.25) is 0 Å². The topological polar surface area (TPSA) is 64.4 Å². The fraction of sp³-hybridized carbons (Fsp3) is 0.444. The molecule has 5 heteroatoms. The first-order chi connectivity index (χ1) is 15.3. The predicted molar refractivity (Wildman–Crippen MR) is 128 cm³/mol. The van der Waals surface area contributed by atoms with Crippen LogP contribution in [0.3, 0.4) is 0 Å². The summed E-state index contributed by atoms with van der Waals surface area (Å²) in [6, 6.07) is 10.5. The first kappa shape index (κ1) is 23.5. The van der Waals surface area contributed by atoms with Crippen molar-refractivity contribution >= 4 is 17.5 Å². The Kier molecular flexibility index (Phi) is 7.03. The van der Waals surface area contributed by atoms with E-state index >= 15 is 0 Å². The van der Waals surface area contributed by atoms with Gasteiger partial charge < -0.3 is 4.90 Å². The van der Waals surface area contributed by atoms with Gasteiger partial charge in [0, 0.05) is 35.5 Å². The van der Waals surface area contributed by atoms with Crippen molar-refractivity contribution in [2.75, 3.05) is 18.0 Å². The van der Waals surface area contributed by atoms with Gasteiger partial charge in [0.2, 0.25) is 0 Å². The maximum atomic E-state index is 13.2. The maximum absolute atomic E-state index is 13.2. The van der Waals surface area contributed by atoms with Gasteiger partial charge in [-0.2, -0.15) is 5.26 Å². The van der Waals surface area contributed by atoms with Crippen LogP contribution in [0.15, 0.2) is 58.8 Å². The van der Waals surface area contributed by atoms with Crippen LogP contribution in [-0.2, 0) is 15.0 Å². The van der Waals surface area contributed by atoms with E-state index in [2.05, 4.69) is 49.9 Å². The SMILES string of the molecule is CCCCN1C(=O)C(C#N)=C(C)/C(=C\C=C2\N(CCCC)c3ccccc3C2(C)C)C1=O. The lowest BCUT2D eigenvalue weighted by atomic mass is 9.83. The Hall–Kier alpha value is -3.13. The second kappa shape index (κ2) is 9.56. The van der Waals surface area contributed by atoms with Crippen LogP contribution in [0, 0.1) is 11.3 Å². The third kappa shape index (κ3) is 4.02. The Balaban J connectivity index is 2.10. The highest BCUT2D eigenvalue weighted by atomic mass is 16.2. The van der Waals surface area contributed by atoms with Crippen LogP contribution in [-0.4, -0.2) is 29.8 Å². The standard InChI is InChI=1S/C27H33N3O2/c1-6-8-16-29-23-13-11-10-12-22(23)27(4,5)24(29)15-14-20-19(3)21(18-28)26(32)30(25(20)31)17-9-7-2/h10-15H,6-9,16-17H2,1-5H3/b20-14+,24-15+. The minimum atomic E-state index is -0.480. The van der Waals surface area contributed by atoms with Gasteiger partial charge in [-0.25, -0.2) is 0 Å². The minimum Gasteiger partial charge on any atom is -0.344 e. The Morgan fingerprint density at radius 2 is 1.59 bits per heavy atom. The zero-order valence-electron chi connectivity index (χ0n) is 19.9. The second-order valence-electron chi connectivity index (χ2n) is 9.01. The van der Waals surface area contributed by atoms with Gasteiger partial charge in [-0.3, -0.25) is 14.5 Å². The number of fused-ring (bicyclic) bond motifs is 1. The lowest BCUT2D eigenvalue weighted by Crippen LogP contribution is -2.43. The number of nitrogens with zero attached hydrogens (tertiary/aromatic N) is 3. The molecule has 0 unspecified atom stereocenters. The molecule has 0 aromatic heterocycles. The monoisotopic (exact) mass is 431 g/mol. The van der Waals surface area contributed by atoms with Crippen molar-refractivity contribution in [2.24, 2.45) is 0 Å². The summed E-state index contributed by atoms with van der Waals surface area (Å²) >= 11 is 0. The van der Waals surface area contributed by atoms with Gasteiger partial charge in [-0.05, 0) is 49.1 Å². The molecule has 1 aromatic rings.